The van der Waals surface area contributed by atoms with Crippen LogP contribution in [0.15, 0.2) is 0 Å². The molecular weight excluding hydrogens is 200 g/mol. The third-order valence-electron chi connectivity index (χ3n) is 4.18. The molecule has 0 bridgehead atoms. The van der Waals surface area contributed by atoms with E-state index < -0.39 is 0 Å². The monoisotopic (exact) mass is 224 g/mol. The van der Waals surface area contributed by atoms with Crippen molar-refractivity contribution < 1.29 is 9.53 Å². The first-order chi connectivity index (χ1) is 7.56. The molecule has 2 aliphatic rings. The second kappa shape index (κ2) is 4.87. The van der Waals surface area contributed by atoms with E-state index in [1.54, 1.807) is 0 Å². The highest BCUT2D eigenvalue weighted by molar-refractivity contribution is 5.84. The molecule has 2 nitrogen and oxygen atoms in total. The molecule has 0 spiro atoms. The van der Waals surface area contributed by atoms with Gasteiger partial charge in [-0.2, -0.15) is 0 Å². The fourth-order valence-corrected chi connectivity index (χ4v) is 3.53. The van der Waals surface area contributed by atoms with Crippen LogP contribution in [0.4, 0.5) is 0 Å². The average molecular weight is 224 g/mol. The summed E-state index contributed by atoms with van der Waals surface area (Å²) in [5.74, 6) is 2.44. The first-order valence-electron chi connectivity index (χ1n) is 6.71. The van der Waals surface area contributed by atoms with Gasteiger partial charge in [-0.25, -0.2) is 0 Å². The Morgan fingerprint density at radius 2 is 1.56 bits per heavy atom. The van der Waals surface area contributed by atoms with Gasteiger partial charge in [0.25, 0.3) is 0 Å². The minimum atomic E-state index is 0.192. The second-order valence-corrected chi connectivity index (χ2v) is 6.09. The van der Waals surface area contributed by atoms with Gasteiger partial charge in [0.15, 0.2) is 0 Å². The zero-order chi connectivity index (χ0) is 11.7. The lowest BCUT2D eigenvalue weighted by Gasteiger charge is -2.31. The molecule has 2 fully saturated rings. The van der Waals surface area contributed by atoms with Crippen LogP contribution in [0.1, 0.15) is 46.5 Å². The lowest BCUT2D eigenvalue weighted by Crippen LogP contribution is -2.30. The Hall–Kier alpha value is -0.370. The highest BCUT2D eigenvalue weighted by atomic mass is 16.5. The number of Topliss-reactive ketones (excluding diaryl/α,β-unsaturated/α-hetero) is 1. The molecule has 1 heterocycles. The maximum absolute atomic E-state index is 12.4. The van der Waals surface area contributed by atoms with Gasteiger partial charge in [-0.1, -0.05) is 13.8 Å². The standard InChI is InChI=1S/C14H24O2/c1-9-4-10(2)6-12(5-9)14(15)13-7-11(3)16-8-13/h9-13H,4-8H2,1-3H3. The summed E-state index contributed by atoms with van der Waals surface area (Å²) in [6.45, 7) is 7.30. The van der Waals surface area contributed by atoms with Gasteiger partial charge in [0.05, 0.1) is 12.7 Å². The van der Waals surface area contributed by atoms with Gasteiger partial charge in [0, 0.05) is 11.8 Å². The van der Waals surface area contributed by atoms with Crippen molar-refractivity contribution in [2.24, 2.45) is 23.7 Å². The van der Waals surface area contributed by atoms with E-state index in [0.717, 1.165) is 31.1 Å². The highest BCUT2D eigenvalue weighted by Crippen LogP contribution is 2.36. The molecule has 1 aliphatic carbocycles. The van der Waals surface area contributed by atoms with Crippen LogP contribution in [0.3, 0.4) is 0 Å². The molecule has 0 amide bonds. The molecule has 16 heavy (non-hydrogen) atoms. The average Bonchev–Trinajstić information content (AvgIpc) is 2.62. The normalized spacial score (nSPS) is 44.6. The van der Waals surface area contributed by atoms with E-state index in [-0.39, 0.29) is 12.0 Å². The van der Waals surface area contributed by atoms with Crippen LogP contribution in [0.25, 0.3) is 0 Å². The molecule has 0 aromatic rings. The summed E-state index contributed by atoms with van der Waals surface area (Å²) in [6, 6.07) is 0. The van der Waals surface area contributed by atoms with Gasteiger partial charge in [-0.15, -0.1) is 0 Å². The number of rotatable bonds is 2. The van der Waals surface area contributed by atoms with E-state index in [4.69, 9.17) is 4.74 Å². The molecule has 1 saturated heterocycles. The van der Waals surface area contributed by atoms with Gasteiger partial charge >= 0.3 is 0 Å². The number of carbonyl (C=O) groups is 1. The first-order valence-corrected chi connectivity index (χ1v) is 6.71. The summed E-state index contributed by atoms with van der Waals surface area (Å²) in [4.78, 5) is 12.4. The Morgan fingerprint density at radius 3 is 2.06 bits per heavy atom. The van der Waals surface area contributed by atoms with Crippen molar-refractivity contribution >= 4 is 5.78 Å². The van der Waals surface area contributed by atoms with Gasteiger partial charge in [-0.3, -0.25) is 4.79 Å². The molecule has 92 valence electrons. The van der Waals surface area contributed by atoms with Crippen molar-refractivity contribution in [3.8, 4) is 0 Å². The van der Waals surface area contributed by atoms with E-state index >= 15 is 0 Å². The lowest BCUT2D eigenvalue weighted by molar-refractivity contribution is -0.128. The maximum atomic E-state index is 12.4. The van der Waals surface area contributed by atoms with Crippen LogP contribution in [0, 0.1) is 23.7 Å². The maximum Gasteiger partial charge on any atom is 0.141 e. The lowest BCUT2D eigenvalue weighted by atomic mass is 9.73. The molecule has 2 rings (SSSR count). The van der Waals surface area contributed by atoms with E-state index in [2.05, 4.69) is 20.8 Å². The van der Waals surface area contributed by atoms with Crippen molar-refractivity contribution in [3.05, 3.63) is 0 Å². The third-order valence-corrected chi connectivity index (χ3v) is 4.18. The minimum Gasteiger partial charge on any atom is -0.378 e. The molecular formula is C14H24O2. The zero-order valence-corrected chi connectivity index (χ0v) is 10.7. The van der Waals surface area contributed by atoms with Crippen molar-refractivity contribution in [3.63, 3.8) is 0 Å². The highest BCUT2D eigenvalue weighted by Gasteiger charge is 2.36. The molecule has 4 unspecified atom stereocenters. The van der Waals surface area contributed by atoms with Crippen molar-refractivity contribution in [1.29, 1.82) is 0 Å². The van der Waals surface area contributed by atoms with Crippen LogP contribution in [-0.4, -0.2) is 18.5 Å². The van der Waals surface area contributed by atoms with Crippen molar-refractivity contribution in [1.82, 2.24) is 0 Å². The molecule has 0 N–H and O–H groups in total. The summed E-state index contributed by atoms with van der Waals surface area (Å²) in [5.41, 5.74) is 0. The molecule has 0 radical (unpaired) electrons. The second-order valence-electron chi connectivity index (χ2n) is 6.09. The molecule has 0 aromatic heterocycles. The summed E-state index contributed by atoms with van der Waals surface area (Å²) in [7, 11) is 0. The topological polar surface area (TPSA) is 26.3 Å². The first kappa shape index (κ1) is 12.1. The van der Waals surface area contributed by atoms with Gasteiger partial charge in [0.1, 0.15) is 5.78 Å². The molecule has 4 atom stereocenters. The summed E-state index contributed by atoms with van der Waals surface area (Å²) in [5, 5.41) is 0. The zero-order valence-electron chi connectivity index (χ0n) is 10.7. The fourth-order valence-electron chi connectivity index (χ4n) is 3.53. The Balaban J connectivity index is 1.93. The van der Waals surface area contributed by atoms with Gasteiger partial charge < -0.3 is 4.74 Å². The number of hydrogen-bond donors (Lipinski definition) is 0. The molecule has 1 saturated carbocycles. The van der Waals surface area contributed by atoms with Crippen molar-refractivity contribution in [2.75, 3.05) is 6.61 Å². The number of hydrogen-bond acceptors (Lipinski definition) is 2. The van der Waals surface area contributed by atoms with E-state index in [1.165, 1.54) is 6.42 Å². The fraction of sp³-hybridized carbons (Fsp3) is 0.929. The number of ether oxygens (including phenoxy) is 1. The predicted octanol–water partition coefficient (Wildman–Crippen LogP) is 3.05. The van der Waals surface area contributed by atoms with Crippen LogP contribution in [0.2, 0.25) is 0 Å². The van der Waals surface area contributed by atoms with Crippen LogP contribution in [-0.2, 0) is 9.53 Å². The van der Waals surface area contributed by atoms with E-state index in [1.807, 2.05) is 0 Å². The SMILES string of the molecule is CC1CC(C)CC(C(=O)C2COC(C)C2)C1. The quantitative estimate of drug-likeness (QED) is 0.720. The van der Waals surface area contributed by atoms with E-state index in [0.29, 0.717) is 18.3 Å². The minimum absolute atomic E-state index is 0.192. The molecule has 1 aliphatic heterocycles. The Morgan fingerprint density at radius 1 is 0.938 bits per heavy atom. The predicted molar refractivity (Wildman–Crippen MR) is 64.2 cm³/mol. The molecule has 0 aromatic carbocycles. The van der Waals surface area contributed by atoms with E-state index in [9.17, 15) is 4.79 Å². The van der Waals surface area contributed by atoms with Gasteiger partial charge in [0.2, 0.25) is 0 Å². The summed E-state index contributed by atoms with van der Waals surface area (Å²) >= 11 is 0. The third kappa shape index (κ3) is 2.65. The largest absolute Gasteiger partial charge is 0.378 e. The van der Waals surface area contributed by atoms with Crippen molar-refractivity contribution in [2.45, 2.75) is 52.6 Å². The van der Waals surface area contributed by atoms with Crippen LogP contribution < -0.4 is 0 Å². The van der Waals surface area contributed by atoms with Crippen LogP contribution in [0.5, 0.6) is 0 Å². The Bertz CT molecular complexity index is 251. The number of carbonyl (C=O) groups excluding carboxylic acids is 1. The van der Waals surface area contributed by atoms with Gasteiger partial charge in [-0.05, 0) is 44.4 Å². The summed E-state index contributed by atoms with van der Waals surface area (Å²) < 4.78 is 5.51. The number of ketones is 1. The Kier molecular flexibility index (Phi) is 3.68. The smallest absolute Gasteiger partial charge is 0.141 e. The molecule has 2 heteroatoms. The van der Waals surface area contributed by atoms with Crippen LogP contribution >= 0.6 is 0 Å². The Labute approximate surface area is 98.7 Å². The summed E-state index contributed by atoms with van der Waals surface area (Å²) in [6.07, 6.45) is 4.73.